The molecule has 0 saturated carbocycles. The number of carbonyl (C=O) groups is 2. The maximum absolute atomic E-state index is 12.6. The van der Waals surface area contributed by atoms with E-state index in [1.165, 1.54) is 0 Å². The third kappa shape index (κ3) is 5.32. The van der Waals surface area contributed by atoms with Crippen molar-refractivity contribution >= 4 is 11.9 Å². The number of ketones is 1. The van der Waals surface area contributed by atoms with Crippen molar-refractivity contribution in [1.29, 1.82) is 0 Å². The molecule has 27 heavy (non-hydrogen) atoms. The fraction of sp³-hybridized carbons (Fsp3) is 0.636. The molecule has 0 aromatic heterocycles. The average Bonchev–Trinajstić information content (AvgIpc) is 2.88. The number of fused-ring (bicyclic) bond motifs is 2. The maximum atomic E-state index is 12.6. The standard InChI is InChI=1S/C22H31NO4/c1-22(2,3)27-21(25)23-18-9-10-19(23)14-17(13-18)20(24)11-12-26-15-16-7-5-4-6-8-16/h4-8,17-19H,9-15H2,1-3H3. The second-order valence-electron chi connectivity index (χ2n) is 8.70. The van der Waals surface area contributed by atoms with Crippen molar-refractivity contribution in [2.45, 2.75) is 77.2 Å². The Kier molecular flexibility index (Phi) is 6.20. The summed E-state index contributed by atoms with van der Waals surface area (Å²) in [6.45, 7) is 6.65. The van der Waals surface area contributed by atoms with Crippen molar-refractivity contribution in [2.24, 2.45) is 5.92 Å². The van der Waals surface area contributed by atoms with E-state index in [1.54, 1.807) is 0 Å². The highest BCUT2D eigenvalue weighted by atomic mass is 16.6. The Hall–Kier alpha value is -1.88. The number of Topliss-reactive ketones (excluding diaryl/α,β-unsaturated/α-hetero) is 1. The predicted molar refractivity (Wildman–Crippen MR) is 103 cm³/mol. The second-order valence-corrected chi connectivity index (χ2v) is 8.70. The first-order valence-electron chi connectivity index (χ1n) is 9.99. The lowest BCUT2D eigenvalue weighted by molar-refractivity contribution is -0.126. The minimum absolute atomic E-state index is 0.0431. The minimum Gasteiger partial charge on any atom is -0.444 e. The van der Waals surface area contributed by atoms with Gasteiger partial charge in [0.2, 0.25) is 0 Å². The van der Waals surface area contributed by atoms with Crippen molar-refractivity contribution in [2.75, 3.05) is 6.61 Å². The molecule has 1 amide bonds. The van der Waals surface area contributed by atoms with Crippen LogP contribution in [0, 0.1) is 5.92 Å². The van der Waals surface area contributed by atoms with Gasteiger partial charge in [-0.25, -0.2) is 4.79 Å². The van der Waals surface area contributed by atoms with Gasteiger partial charge in [-0.15, -0.1) is 0 Å². The predicted octanol–water partition coefficient (Wildman–Crippen LogP) is 4.34. The number of piperidine rings is 1. The molecule has 0 aliphatic carbocycles. The zero-order valence-electron chi connectivity index (χ0n) is 16.6. The van der Waals surface area contributed by atoms with Crippen molar-refractivity contribution in [3.05, 3.63) is 35.9 Å². The molecule has 2 atom stereocenters. The van der Waals surface area contributed by atoms with Gasteiger partial charge in [-0.3, -0.25) is 4.79 Å². The molecule has 5 nitrogen and oxygen atoms in total. The molecule has 2 heterocycles. The van der Waals surface area contributed by atoms with E-state index in [-0.39, 0.29) is 29.9 Å². The monoisotopic (exact) mass is 373 g/mol. The SMILES string of the molecule is CC(C)(C)OC(=O)N1C2CCC1CC(C(=O)CCOCc1ccccc1)C2. The van der Waals surface area contributed by atoms with E-state index in [1.807, 2.05) is 56.0 Å². The smallest absolute Gasteiger partial charge is 0.410 e. The van der Waals surface area contributed by atoms with Crippen molar-refractivity contribution < 1.29 is 19.1 Å². The van der Waals surface area contributed by atoms with E-state index in [9.17, 15) is 9.59 Å². The Morgan fingerprint density at radius 3 is 2.30 bits per heavy atom. The van der Waals surface area contributed by atoms with Crippen molar-refractivity contribution in [3.63, 3.8) is 0 Å². The number of carbonyl (C=O) groups excluding carboxylic acids is 2. The van der Waals surface area contributed by atoms with E-state index in [0.717, 1.165) is 31.2 Å². The number of benzene rings is 1. The molecule has 0 spiro atoms. The number of nitrogens with zero attached hydrogens (tertiary/aromatic N) is 1. The van der Waals surface area contributed by atoms with E-state index >= 15 is 0 Å². The van der Waals surface area contributed by atoms with Crippen LogP contribution in [0.1, 0.15) is 58.4 Å². The van der Waals surface area contributed by atoms with Crippen LogP contribution in [0.25, 0.3) is 0 Å². The van der Waals surface area contributed by atoms with Gasteiger partial charge in [0.05, 0.1) is 13.2 Å². The van der Waals surface area contributed by atoms with Crippen LogP contribution in [0.15, 0.2) is 30.3 Å². The first-order chi connectivity index (χ1) is 12.8. The number of rotatable bonds is 6. The van der Waals surface area contributed by atoms with Crippen LogP contribution in [-0.2, 0) is 20.9 Å². The number of amides is 1. The normalized spacial score (nSPS) is 24.7. The third-order valence-electron chi connectivity index (χ3n) is 5.40. The summed E-state index contributed by atoms with van der Waals surface area (Å²) in [6, 6.07) is 10.3. The van der Waals surface area contributed by atoms with Gasteiger partial charge in [-0.2, -0.15) is 0 Å². The lowest BCUT2D eigenvalue weighted by Crippen LogP contribution is -2.49. The van der Waals surface area contributed by atoms with E-state index in [2.05, 4.69) is 0 Å². The van der Waals surface area contributed by atoms with Gasteiger partial charge < -0.3 is 14.4 Å². The fourth-order valence-electron chi connectivity index (χ4n) is 4.19. The van der Waals surface area contributed by atoms with Gasteiger partial charge in [-0.05, 0) is 52.0 Å². The molecule has 0 N–H and O–H groups in total. The van der Waals surface area contributed by atoms with Gasteiger partial charge in [0.15, 0.2) is 0 Å². The Balaban J connectivity index is 1.45. The maximum Gasteiger partial charge on any atom is 0.410 e. The molecule has 3 rings (SSSR count). The Labute approximate surface area is 162 Å². The Morgan fingerprint density at radius 1 is 1.07 bits per heavy atom. The number of hydrogen-bond acceptors (Lipinski definition) is 4. The zero-order chi connectivity index (χ0) is 19.4. The number of hydrogen-bond donors (Lipinski definition) is 0. The molecular formula is C22H31NO4. The molecule has 1 aromatic rings. The quantitative estimate of drug-likeness (QED) is 0.696. The summed E-state index contributed by atoms with van der Waals surface area (Å²) in [4.78, 5) is 27.0. The topological polar surface area (TPSA) is 55.8 Å². The molecule has 148 valence electrons. The largest absolute Gasteiger partial charge is 0.444 e. The van der Waals surface area contributed by atoms with Crippen LogP contribution in [0.2, 0.25) is 0 Å². The molecule has 5 heteroatoms. The van der Waals surface area contributed by atoms with Gasteiger partial charge in [-0.1, -0.05) is 30.3 Å². The minimum atomic E-state index is -0.487. The molecular weight excluding hydrogens is 342 g/mol. The molecule has 2 bridgehead atoms. The van der Waals surface area contributed by atoms with Gasteiger partial charge >= 0.3 is 6.09 Å². The summed E-state index contributed by atoms with van der Waals surface area (Å²) >= 11 is 0. The summed E-state index contributed by atoms with van der Waals surface area (Å²) in [7, 11) is 0. The van der Waals surface area contributed by atoms with Crippen LogP contribution in [0.5, 0.6) is 0 Å². The highest BCUT2D eigenvalue weighted by molar-refractivity contribution is 5.82. The van der Waals surface area contributed by atoms with Crippen LogP contribution < -0.4 is 0 Å². The summed E-state index contributed by atoms with van der Waals surface area (Å²) in [5, 5.41) is 0. The highest BCUT2D eigenvalue weighted by Crippen LogP contribution is 2.40. The van der Waals surface area contributed by atoms with Gasteiger partial charge in [0.25, 0.3) is 0 Å². The molecule has 2 saturated heterocycles. The van der Waals surface area contributed by atoms with Crippen LogP contribution >= 0.6 is 0 Å². The fourth-order valence-corrected chi connectivity index (χ4v) is 4.19. The highest BCUT2D eigenvalue weighted by Gasteiger charge is 2.46. The summed E-state index contributed by atoms with van der Waals surface area (Å²) in [5.74, 6) is 0.310. The van der Waals surface area contributed by atoms with E-state index in [0.29, 0.717) is 19.6 Å². The molecule has 2 unspecified atom stereocenters. The van der Waals surface area contributed by atoms with Crippen LogP contribution in [0.3, 0.4) is 0 Å². The van der Waals surface area contributed by atoms with Gasteiger partial charge in [0.1, 0.15) is 11.4 Å². The first kappa shape index (κ1) is 19.9. The first-order valence-corrected chi connectivity index (χ1v) is 9.99. The number of ether oxygens (including phenoxy) is 2. The van der Waals surface area contributed by atoms with Crippen molar-refractivity contribution in [1.82, 2.24) is 4.90 Å². The molecule has 2 aliphatic heterocycles. The molecule has 1 aromatic carbocycles. The molecule has 2 fully saturated rings. The lowest BCUT2D eigenvalue weighted by atomic mass is 9.86. The van der Waals surface area contributed by atoms with Crippen LogP contribution in [0.4, 0.5) is 4.79 Å². The third-order valence-corrected chi connectivity index (χ3v) is 5.40. The van der Waals surface area contributed by atoms with E-state index in [4.69, 9.17) is 9.47 Å². The average molecular weight is 373 g/mol. The Bertz CT molecular complexity index is 638. The summed E-state index contributed by atoms with van der Waals surface area (Å²) < 4.78 is 11.2. The van der Waals surface area contributed by atoms with Crippen LogP contribution in [-0.4, -0.2) is 41.1 Å². The second kappa shape index (κ2) is 8.42. The van der Waals surface area contributed by atoms with E-state index < -0.39 is 5.60 Å². The lowest BCUT2D eigenvalue weighted by Gasteiger charge is -2.39. The van der Waals surface area contributed by atoms with Gasteiger partial charge in [0, 0.05) is 24.4 Å². The van der Waals surface area contributed by atoms with Crippen molar-refractivity contribution in [3.8, 4) is 0 Å². The zero-order valence-corrected chi connectivity index (χ0v) is 16.6. The molecule has 2 aliphatic rings. The molecule has 0 radical (unpaired) electrons. The Morgan fingerprint density at radius 2 is 1.70 bits per heavy atom. The summed E-state index contributed by atoms with van der Waals surface area (Å²) in [6.07, 6.45) is 3.67. The summed E-state index contributed by atoms with van der Waals surface area (Å²) in [5.41, 5.74) is 0.632.